The Kier molecular flexibility index (Phi) is 5.70. The minimum Gasteiger partial charge on any atom is -0.481 e. The molecule has 9 heteroatoms. The molecule has 172 valence electrons. The van der Waals surface area contributed by atoms with Crippen molar-refractivity contribution in [2.45, 2.75) is 32.2 Å². The summed E-state index contributed by atoms with van der Waals surface area (Å²) in [6, 6.07) is 10.8. The maximum absolute atomic E-state index is 13.9. The Hall–Kier alpha value is -3.85. The number of nitrogens with zero attached hydrogens (tertiary/aromatic N) is 3. The van der Waals surface area contributed by atoms with Gasteiger partial charge in [-0.05, 0) is 34.6 Å². The zero-order valence-corrected chi connectivity index (χ0v) is 19.4. The molecule has 0 amide bonds. The number of anilines is 1. The van der Waals surface area contributed by atoms with Crippen molar-refractivity contribution in [2.24, 2.45) is 0 Å². The lowest BCUT2D eigenvalue weighted by atomic mass is 9.97. The van der Waals surface area contributed by atoms with Gasteiger partial charge in [0.1, 0.15) is 22.1 Å². The molecule has 0 aliphatic carbocycles. The van der Waals surface area contributed by atoms with Crippen LogP contribution in [0.2, 0.25) is 0 Å². The number of carboxylic acid groups (broad SMARTS) is 1. The lowest BCUT2D eigenvalue weighted by Crippen LogP contribution is -2.16. The molecule has 0 spiro atoms. The number of nitrogens with one attached hydrogen (secondary N) is 2. The van der Waals surface area contributed by atoms with Crippen molar-refractivity contribution in [3.05, 3.63) is 71.1 Å². The van der Waals surface area contributed by atoms with Gasteiger partial charge in [-0.3, -0.25) is 4.79 Å². The van der Waals surface area contributed by atoms with E-state index in [4.69, 9.17) is 4.98 Å². The maximum Gasteiger partial charge on any atom is 0.305 e. The fourth-order valence-corrected chi connectivity index (χ4v) is 4.72. The van der Waals surface area contributed by atoms with Gasteiger partial charge in [0, 0.05) is 17.1 Å². The zero-order chi connectivity index (χ0) is 23.8. The molecule has 0 aliphatic heterocycles. The predicted octanol–water partition coefficient (Wildman–Crippen LogP) is 6.13. The fraction of sp³-hybridized carbons (Fsp3) is 0.200. The molecule has 0 aliphatic rings. The number of benzene rings is 1. The van der Waals surface area contributed by atoms with Gasteiger partial charge < -0.3 is 15.4 Å². The summed E-state index contributed by atoms with van der Waals surface area (Å²) >= 11 is 1.46. The first-order valence-electron chi connectivity index (χ1n) is 10.9. The minimum atomic E-state index is -0.917. The van der Waals surface area contributed by atoms with Crippen LogP contribution in [0.5, 0.6) is 0 Å². The van der Waals surface area contributed by atoms with Crippen molar-refractivity contribution in [3.63, 3.8) is 0 Å². The number of pyridine rings is 1. The Morgan fingerprint density at radius 3 is 2.65 bits per heavy atom. The molecule has 3 N–H and O–H groups in total. The molecule has 1 unspecified atom stereocenters. The van der Waals surface area contributed by atoms with Crippen LogP contribution in [-0.2, 0) is 4.79 Å². The van der Waals surface area contributed by atoms with Crippen molar-refractivity contribution in [3.8, 4) is 11.4 Å². The summed E-state index contributed by atoms with van der Waals surface area (Å²) in [5.41, 5.74) is 3.20. The Bertz CT molecular complexity index is 1490. The van der Waals surface area contributed by atoms with Crippen LogP contribution in [0, 0.1) is 5.82 Å². The van der Waals surface area contributed by atoms with Crippen LogP contribution in [0.3, 0.4) is 0 Å². The molecule has 4 heterocycles. The molecule has 4 aromatic heterocycles. The van der Waals surface area contributed by atoms with E-state index < -0.39 is 17.8 Å². The van der Waals surface area contributed by atoms with Crippen LogP contribution in [-0.4, -0.2) is 31.0 Å². The average molecular weight is 476 g/mol. The number of aromatic amines is 1. The standard InChI is InChI=1S/C25H22FN5O2S/c1-13(2)14-3-5-15(6-4-14)20(10-21(32)33)29-23-17-7-8-34-25(17)31-24(30-23)19-12-28-22-18(19)9-16(26)11-27-22/h3-9,11-13,20H,10H2,1-2H3,(H,27,28)(H,32,33)(H,29,30,31). The number of H-pyrrole nitrogens is 1. The Balaban J connectivity index is 1.58. The van der Waals surface area contributed by atoms with Crippen LogP contribution >= 0.6 is 11.3 Å². The van der Waals surface area contributed by atoms with Gasteiger partial charge in [-0.15, -0.1) is 11.3 Å². The highest BCUT2D eigenvalue weighted by molar-refractivity contribution is 7.16. The number of aliphatic carboxylic acids is 1. The largest absolute Gasteiger partial charge is 0.481 e. The highest BCUT2D eigenvalue weighted by Crippen LogP contribution is 2.34. The van der Waals surface area contributed by atoms with Crippen molar-refractivity contribution in [1.82, 2.24) is 19.9 Å². The number of aromatic nitrogens is 4. The topological polar surface area (TPSA) is 104 Å². The second kappa shape index (κ2) is 8.83. The van der Waals surface area contributed by atoms with Gasteiger partial charge in [-0.1, -0.05) is 38.1 Å². The number of carboxylic acids is 1. The molecule has 1 aromatic carbocycles. The van der Waals surface area contributed by atoms with Gasteiger partial charge in [0.05, 0.1) is 24.0 Å². The predicted molar refractivity (Wildman–Crippen MR) is 132 cm³/mol. The number of thiophene rings is 1. The molecule has 0 saturated heterocycles. The van der Waals surface area contributed by atoms with E-state index in [0.29, 0.717) is 34.2 Å². The molecule has 1 atom stereocenters. The second-order valence-electron chi connectivity index (χ2n) is 8.40. The summed E-state index contributed by atoms with van der Waals surface area (Å²) in [5, 5.41) is 16.2. The van der Waals surface area contributed by atoms with Crippen LogP contribution in [0.1, 0.15) is 43.4 Å². The number of halogens is 1. The normalized spacial score (nSPS) is 12.5. The molecule has 7 nitrogen and oxygen atoms in total. The summed E-state index contributed by atoms with van der Waals surface area (Å²) in [7, 11) is 0. The van der Waals surface area contributed by atoms with Gasteiger partial charge in [0.25, 0.3) is 0 Å². The number of fused-ring (bicyclic) bond motifs is 2. The number of carbonyl (C=O) groups is 1. The summed E-state index contributed by atoms with van der Waals surface area (Å²) in [5.74, 6) is -0.0560. The van der Waals surface area contributed by atoms with E-state index >= 15 is 0 Å². The zero-order valence-electron chi connectivity index (χ0n) is 18.5. The van der Waals surface area contributed by atoms with Gasteiger partial charge >= 0.3 is 5.97 Å². The summed E-state index contributed by atoms with van der Waals surface area (Å²) in [6.07, 6.45) is 2.74. The van der Waals surface area contributed by atoms with E-state index in [1.54, 1.807) is 6.20 Å². The van der Waals surface area contributed by atoms with E-state index in [-0.39, 0.29) is 6.42 Å². The van der Waals surface area contributed by atoms with Gasteiger partial charge in [0.2, 0.25) is 0 Å². The van der Waals surface area contributed by atoms with Crippen molar-refractivity contribution < 1.29 is 14.3 Å². The van der Waals surface area contributed by atoms with E-state index in [1.165, 1.54) is 23.0 Å². The monoisotopic (exact) mass is 475 g/mol. The first-order chi connectivity index (χ1) is 16.4. The third kappa shape index (κ3) is 4.22. The second-order valence-corrected chi connectivity index (χ2v) is 9.30. The lowest BCUT2D eigenvalue weighted by molar-refractivity contribution is -0.137. The smallest absolute Gasteiger partial charge is 0.305 e. The van der Waals surface area contributed by atoms with Crippen molar-refractivity contribution in [1.29, 1.82) is 0 Å². The molecule has 0 fully saturated rings. The lowest BCUT2D eigenvalue weighted by Gasteiger charge is -2.20. The van der Waals surface area contributed by atoms with Crippen LogP contribution in [0.15, 0.2) is 54.2 Å². The van der Waals surface area contributed by atoms with E-state index in [9.17, 15) is 14.3 Å². The summed E-state index contributed by atoms with van der Waals surface area (Å²) in [4.78, 5) is 28.9. The quantitative estimate of drug-likeness (QED) is 0.262. The van der Waals surface area contributed by atoms with Gasteiger partial charge in [-0.25, -0.2) is 19.3 Å². The first kappa shape index (κ1) is 22.0. The number of hydrogen-bond donors (Lipinski definition) is 3. The van der Waals surface area contributed by atoms with Gasteiger partial charge in [0.15, 0.2) is 5.82 Å². The Morgan fingerprint density at radius 2 is 1.91 bits per heavy atom. The Labute approximate surface area is 198 Å². The van der Waals surface area contributed by atoms with Crippen molar-refractivity contribution in [2.75, 3.05) is 5.32 Å². The first-order valence-corrected chi connectivity index (χ1v) is 11.7. The summed E-state index contributed by atoms with van der Waals surface area (Å²) in [6.45, 7) is 4.23. The fourth-order valence-electron chi connectivity index (χ4n) is 3.95. The Morgan fingerprint density at radius 1 is 1.15 bits per heavy atom. The molecule has 0 radical (unpaired) electrons. The van der Waals surface area contributed by atoms with Gasteiger partial charge in [-0.2, -0.15) is 0 Å². The maximum atomic E-state index is 13.9. The molecular weight excluding hydrogens is 453 g/mol. The summed E-state index contributed by atoms with van der Waals surface area (Å²) < 4.78 is 13.9. The third-order valence-corrected chi connectivity index (χ3v) is 6.57. The molecule has 5 rings (SSSR count). The molecular formula is C25H22FN5O2S. The molecule has 0 saturated carbocycles. The van der Waals surface area contributed by atoms with Crippen LogP contribution < -0.4 is 5.32 Å². The highest BCUT2D eigenvalue weighted by Gasteiger charge is 2.20. The molecule has 0 bridgehead atoms. The molecule has 34 heavy (non-hydrogen) atoms. The van der Waals surface area contributed by atoms with Crippen LogP contribution in [0.25, 0.3) is 32.6 Å². The van der Waals surface area contributed by atoms with Crippen molar-refractivity contribution >= 4 is 44.4 Å². The van der Waals surface area contributed by atoms with Crippen LogP contribution in [0.4, 0.5) is 10.2 Å². The van der Waals surface area contributed by atoms with E-state index in [1.807, 2.05) is 35.7 Å². The number of rotatable bonds is 7. The van der Waals surface area contributed by atoms with E-state index in [2.05, 4.69) is 34.1 Å². The SMILES string of the molecule is CC(C)c1ccc(C(CC(=O)O)Nc2nc(-c3c[nH]c4ncc(F)cc34)nc3sccc23)cc1. The average Bonchev–Trinajstić information content (AvgIpc) is 3.45. The third-order valence-electron chi connectivity index (χ3n) is 5.76. The van der Waals surface area contributed by atoms with E-state index in [0.717, 1.165) is 22.0 Å². The highest BCUT2D eigenvalue weighted by atomic mass is 32.1. The molecule has 5 aromatic rings. The number of hydrogen-bond acceptors (Lipinski definition) is 6. The minimum absolute atomic E-state index is 0.117.